The van der Waals surface area contributed by atoms with Crippen LogP contribution in [0.5, 0.6) is 5.75 Å². The molecule has 0 unspecified atom stereocenters. The maximum absolute atomic E-state index is 13.0. The average Bonchev–Trinajstić information content (AvgIpc) is 2.67. The zero-order valence-corrected chi connectivity index (χ0v) is 15.7. The van der Waals surface area contributed by atoms with Gasteiger partial charge in [-0.2, -0.15) is 0 Å². The Hall–Kier alpha value is -2.49. The molecule has 3 nitrogen and oxygen atoms in total. The standard InChI is InChI=1S/C24H23FO3/c25-20-5-1-18(2-6-20)22(26)19-3-7-21(8-4-19)28-23(27)24-12-15-9-16(13-24)11-17(10-15)14-24/h1-8,15-17H,9-14H2. The Labute approximate surface area is 163 Å². The van der Waals surface area contributed by atoms with E-state index in [0.717, 1.165) is 19.3 Å². The molecule has 4 fully saturated rings. The number of ketones is 1. The summed E-state index contributed by atoms with van der Waals surface area (Å²) in [6.07, 6.45) is 6.77. The van der Waals surface area contributed by atoms with Gasteiger partial charge >= 0.3 is 5.97 Å². The molecule has 2 aromatic carbocycles. The molecule has 0 N–H and O–H groups in total. The smallest absolute Gasteiger partial charge is 0.317 e. The fourth-order valence-corrected chi connectivity index (χ4v) is 6.02. The summed E-state index contributed by atoms with van der Waals surface area (Å²) in [6, 6.07) is 12.2. The van der Waals surface area contributed by atoms with Crippen molar-refractivity contribution in [1.82, 2.24) is 0 Å². The molecular formula is C24H23FO3. The van der Waals surface area contributed by atoms with Gasteiger partial charge in [-0.05, 0) is 105 Å². The van der Waals surface area contributed by atoms with Crippen LogP contribution in [0.2, 0.25) is 0 Å². The van der Waals surface area contributed by atoms with Crippen LogP contribution in [0.4, 0.5) is 4.39 Å². The van der Waals surface area contributed by atoms with Gasteiger partial charge in [0.2, 0.25) is 0 Å². The first kappa shape index (κ1) is 17.6. The molecule has 4 saturated carbocycles. The summed E-state index contributed by atoms with van der Waals surface area (Å²) >= 11 is 0. The molecule has 28 heavy (non-hydrogen) atoms. The molecule has 0 saturated heterocycles. The zero-order chi connectivity index (χ0) is 19.3. The number of benzene rings is 2. The van der Waals surface area contributed by atoms with E-state index in [9.17, 15) is 14.0 Å². The van der Waals surface area contributed by atoms with Gasteiger partial charge in [0.25, 0.3) is 0 Å². The Morgan fingerprint density at radius 2 is 1.25 bits per heavy atom. The lowest BCUT2D eigenvalue weighted by Gasteiger charge is -2.55. The van der Waals surface area contributed by atoms with E-state index in [1.807, 2.05) is 0 Å². The van der Waals surface area contributed by atoms with E-state index in [0.29, 0.717) is 34.6 Å². The number of halogens is 1. The minimum absolute atomic E-state index is 0.0933. The molecule has 6 rings (SSSR count). The first-order valence-electron chi connectivity index (χ1n) is 10.1. The summed E-state index contributed by atoms with van der Waals surface area (Å²) in [5.41, 5.74) is 0.623. The van der Waals surface area contributed by atoms with Crippen molar-refractivity contribution in [3.63, 3.8) is 0 Å². The maximum Gasteiger partial charge on any atom is 0.317 e. The maximum atomic E-state index is 13.0. The Kier molecular flexibility index (Phi) is 4.11. The Morgan fingerprint density at radius 3 is 1.75 bits per heavy atom. The van der Waals surface area contributed by atoms with Gasteiger partial charge in [-0.25, -0.2) is 4.39 Å². The van der Waals surface area contributed by atoms with E-state index in [4.69, 9.17) is 4.74 Å². The molecule has 0 heterocycles. The van der Waals surface area contributed by atoms with Crippen LogP contribution in [0.25, 0.3) is 0 Å². The summed E-state index contributed by atoms with van der Waals surface area (Å²) < 4.78 is 18.8. The number of rotatable bonds is 4. The molecule has 0 aromatic heterocycles. The lowest BCUT2D eigenvalue weighted by Crippen LogP contribution is -2.51. The third kappa shape index (κ3) is 3.05. The second-order valence-corrected chi connectivity index (χ2v) is 8.95. The topological polar surface area (TPSA) is 43.4 Å². The Morgan fingerprint density at radius 1 is 0.786 bits per heavy atom. The molecule has 4 aliphatic rings. The van der Waals surface area contributed by atoms with Crippen molar-refractivity contribution in [1.29, 1.82) is 0 Å². The zero-order valence-electron chi connectivity index (χ0n) is 15.7. The third-order valence-electron chi connectivity index (χ3n) is 6.90. The molecule has 0 spiro atoms. The van der Waals surface area contributed by atoms with Crippen molar-refractivity contribution in [2.75, 3.05) is 0 Å². The van der Waals surface area contributed by atoms with Gasteiger partial charge in [-0.15, -0.1) is 0 Å². The number of hydrogen-bond acceptors (Lipinski definition) is 3. The number of carbonyl (C=O) groups is 2. The quantitative estimate of drug-likeness (QED) is 0.418. The van der Waals surface area contributed by atoms with Gasteiger partial charge in [0.15, 0.2) is 5.78 Å². The SMILES string of the molecule is O=C(c1ccc(F)cc1)c1ccc(OC(=O)C23CC4CC(CC(C4)C2)C3)cc1. The van der Waals surface area contributed by atoms with Crippen molar-refractivity contribution >= 4 is 11.8 Å². The van der Waals surface area contributed by atoms with Crippen molar-refractivity contribution in [3.05, 3.63) is 65.5 Å². The molecule has 144 valence electrons. The summed E-state index contributed by atoms with van der Waals surface area (Å²) in [5.74, 6) is 1.90. The van der Waals surface area contributed by atoms with E-state index >= 15 is 0 Å². The van der Waals surface area contributed by atoms with E-state index in [1.54, 1.807) is 24.3 Å². The third-order valence-corrected chi connectivity index (χ3v) is 6.90. The first-order chi connectivity index (χ1) is 13.5. The normalized spacial score (nSPS) is 30.2. The molecule has 4 heteroatoms. The highest BCUT2D eigenvalue weighted by molar-refractivity contribution is 6.09. The molecule has 0 amide bonds. The number of carbonyl (C=O) groups excluding carboxylic acids is 2. The Balaban J connectivity index is 1.29. The minimum Gasteiger partial charge on any atom is -0.426 e. The summed E-state index contributed by atoms with van der Waals surface area (Å²) in [6.45, 7) is 0. The highest BCUT2D eigenvalue weighted by Gasteiger charge is 2.55. The van der Waals surface area contributed by atoms with Crippen LogP contribution in [0, 0.1) is 29.0 Å². The van der Waals surface area contributed by atoms with Gasteiger partial charge < -0.3 is 4.74 Å². The van der Waals surface area contributed by atoms with Crippen molar-refractivity contribution in [2.24, 2.45) is 23.2 Å². The summed E-state index contributed by atoms with van der Waals surface area (Å²) in [7, 11) is 0. The minimum atomic E-state index is -0.372. The second-order valence-electron chi connectivity index (χ2n) is 8.95. The summed E-state index contributed by atoms with van der Waals surface area (Å²) in [5, 5.41) is 0. The van der Waals surface area contributed by atoms with Crippen LogP contribution in [0.15, 0.2) is 48.5 Å². The van der Waals surface area contributed by atoms with E-state index < -0.39 is 0 Å². The van der Waals surface area contributed by atoms with Crippen LogP contribution in [-0.2, 0) is 4.79 Å². The van der Waals surface area contributed by atoms with E-state index in [2.05, 4.69) is 0 Å². The molecule has 2 aromatic rings. The van der Waals surface area contributed by atoms with Crippen molar-refractivity contribution in [2.45, 2.75) is 38.5 Å². The van der Waals surface area contributed by atoms with Crippen LogP contribution >= 0.6 is 0 Å². The summed E-state index contributed by atoms with van der Waals surface area (Å²) in [4.78, 5) is 25.5. The largest absolute Gasteiger partial charge is 0.426 e. The number of hydrogen-bond donors (Lipinski definition) is 0. The van der Waals surface area contributed by atoms with Gasteiger partial charge in [0.1, 0.15) is 11.6 Å². The molecular weight excluding hydrogens is 355 g/mol. The van der Waals surface area contributed by atoms with Crippen LogP contribution in [-0.4, -0.2) is 11.8 Å². The number of esters is 1. The van der Waals surface area contributed by atoms with Crippen molar-refractivity contribution in [3.8, 4) is 5.75 Å². The second kappa shape index (κ2) is 6.54. The monoisotopic (exact) mass is 378 g/mol. The fourth-order valence-electron chi connectivity index (χ4n) is 6.02. The highest BCUT2D eigenvalue weighted by Crippen LogP contribution is 2.60. The van der Waals surface area contributed by atoms with Gasteiger partial charge in [-0.3, -0.25) is 9.59 Å². The van der Waals surface area contributed by atoms with E-state index in [1.165, 1.54) is 43.5 Å². The highest BCUT2D eigenvalue weighted by atomic mass is 19.1. The molecule has 0 atom stereocenters. The van der Waals surface area contributed by atoms with Crippen LogP contribution in [0.1, 0.15) is 54.4 Å². The average molecular weight is 378 g/mol. The molecule has 0 radical (unpaired) electrons. The lowest BCUT2D eigenvalue weighted by molar-refractivity contribution is -0.161. The predicted molar refractivity (Wildman–Crippen MR) is 103 cm³/mol. The lowest BCUT2D eigenvalue weighted by atomic mass is 9.49. The first-order valence-corrected chi connectivity index (χ1v) is 10.1. The van der Waals surface area contributed by atoms with Gasteiger partial charge in [0.05, 0.1) is 5.41 Å². The van der Waals surface area contributed by atoms with Gasteiger partial charge in [0, 0.05) is 11.1 Å². The fraction of sp³-hybridized carbons (Fsp3) is 0.417. The molecule has 4 bridgehead atoms. The van der Waals surface area contributed by atoms with Crippen LogP contribution in [0.3, 0.4) is 0 Å². The Bertz CT molecular complexity index is 879. The van der Waals surface area contributed by atoms with E-state index in [-0.39, 0.29) is 23.0 Å². The van der Waals surface area contributed by atoms with Gasteiger partial charge in [-0.1, -0.05) is 0 Å². The molecule has 4 aliphatic carbocycles. The van der Waals surface area contributed by atoms with Crippen molar-refractivity contribution < 1.29 is 18.7 Å². The van der Waals surface area contributed by atoms with Crippen LogP contribution < -0.4 is 4.74 Å². The predicted octanol–water partition coefficient (Wildman–Crippen LogP) is 5.18. The number of ether oxygens (including phenoxy) is 1. The molecule has 0 aliphatic heterocycles.